The largest absolute Gasteiger partial charge is 0.497 e. The van der Waals surface area contributed by atoms with E-state index in [1.54, 1.807) is 19.2 Å². The lowest BCUT2D eigenvalue weighted by atomic mass is 9.84. The number of nitrogens with one attached hydrogen (secondary N) is 3. The Hall–Kier alpha value is -3.30. The molecule has 196 valence electrons. The van der Waals surface area contributed by atoms with Crippen molar-refractivity contribution in [2.45, 2.75) is 50.7 Å². The van der Waals surface area contributed by atoms with Crippen LogP contribution in [0.2, 0.25) is 0 Å². The van der Waals surface area contributed by atoms with Crippen molar-refractivity contribution in [2.24, 2.45) is 5.92 Å². The van der Waals surface area contributed by atoms with Gasteiger partial charge >= 0.3 is 6.18 Å². The van der Waals surface area contributed by atoms with Gasteiger partial charge in [-0.05, 0) is 54.8 Å². The molecule has 0 aromatic heterocycles. The van der Waals surface area contributed by atoms with E-state index in [2.05, 4.69) is 16.0 Å². The van der Waals surface area contributed by atoms with E-state index in [1.807, 2.05) is 12.1 Å². The number of rotatable bonds is 10. The standard InChI is InChI=1S/C26H31F4N3O3/c1-36-20-10-8-19(9-11-20)31-13-14-32-25(35)23(15-17-5-3-2-4-6-17)33-24(34)18-7-12-22(27)21(16-18)26(28,29)30/h7-12,16-17,23,31H,2-6,13-15H2,1H3,(H,32,35)(H,33,34). The molecular formula is C26H31F4N3O3. The first-order chi connectivity index (χ1) is 17.2. The number of methoxy groups -OCH3 is 1. The molecule has 0 radical (unpaired) electrons. The van der Waals surface area contributed by atoms with E-state index in [-0.39, 0.29) is 18.0 Å². The van der Waals surface area contributed by atoms with Gasteiger partial charge in [0.15, 0.2) is 0 Å². The molecule has 1 saturated carbocycles. The summed E-state index contributed by atoms with van der Waals surface area (Å²) < 4.78 is 58.0. The van der Waals surface area contributed by atoms with E-state index >= 15 is 0 Å². The third-order valence-corrected chi connectivity index (χ3v) is 6.29. The van der Waals surface area contributed by atoms with E-state index in [9.17, 15) is 27.2 Å². The fourth-order valence-corrected chi connectivity index (χ4v) is 4.34. The maximum absolute atomic E-state index is 13.6. The number of hydrogen-bond donors (Lipinski definition) is 3. The monoisotopic (exact) mass is 509 g/mol. The molecule has 2 aromatic carbocycles. The van der Waals surface area contributed by atoms with Gasteiger partial charge in [0.25, 0.3) is 5.91 Å². The molecule has 10 heteroatoms. The average molecular weight is 510 g/mol. The van der Waals surface area contributed by atoms with Crippen LogP contribution in [-0.2, 0) is 11.0 Å². The predicted molar refractivity (Wildman–Crippen MR) is 128 cm³/mol. The quantitative estimate of drug-likeness (QED) is 0.306. The Morgan fingerprint density at radius 1 is 1.03 bits per heavy atom. The molecular weight excluding hydrogens is 478 g/mol. The van der Waals surface area contributed by atoms with Gasteiger partial charge in [-0.25, -0.2) is 4.39 Å². The van der Waals surface area contributed by atoms with E-state index in [1.165, 1.54) is 0 Å². The minimum atomic E-state index is -4.93. The van der Waals surface area contributed by atoms with Crippen LogP contribution in [0.25, 0.3) is 0 Å². The van der Waals surface area contributed by atoms with Gasteiger partial charge in [-0.3, -0.25) is 9.59 Å². The second-order valence-electron chi connectivity index (χ2n) is 8.90. The van der Waals surface area contributed by atoms with Crippen LogP contribution in [0.15, 0.2) is 42.5 Å². The Labute approximate surface area is 207 Å². The maximum atomic E-state index is 13.6. The van der Waals surface area contributed by atoms with Crippen LogP contribution in [-0.4, -0.2) is 38.1 Å². The van der Waals surface area contributed by atoms with Crippen LogP contribution in [0.3, 0.4) is 0 Å². The highest BCUT2D eigenvalue weighted by Gasteiger charge is 2.35. The Bertz CT molecular complexity index is 1020. The number of benzene rings is 2. The fraction of sp³-hybridized carbons (Fsp3) is 0.462. The van der Waals surface area contributed by atoms with Crippen LogP contribution in [0.4, 0.5) is 23.2 Å². The van der Waals surface area contributed by atoms with Crippen LogP contribution < -0.4 is 20.7 Å². The first-order valence-electron chi connectivity index (χ1n) is 12.0. The van der Waals surface area contributed by atoms with Crippen molar-refractivity contribution in [1.82, 2.24) is 10.6 Å². The second kappa shape index (κ2) is 12.6. The Morgan fingerprint density at radius 3 is 2.36 bits per heavy atom. The normalized spacial score (nSPS) is 15.1. The number of carbonyl (C=O) groups is 2. The molecule has 2 aromatic rings. The number of halogens is 4. The highest BCUT2D eigenvalue weighted by molar-refractivity contribution is 5.97. The van der Waals surface area contributed by atoms with Gasteiger partial charge in [-0.15, -0.1) is 0 Å². The summed E-state index contributed by atoms with van der Waals surface area (Å²) in [6.07, 6.45) is 0.484. The van der Waals surface area contributed by atoms with Crippen molar-refractivity contribution >= 4 is 17.5 Å². The number of alkyl halides is 3. The van der Waals surface area contributed by atoms with Crippen LogP contribution in [0.5, 0.6) is 5.75 Å². The minimum absolute atomic E-state index is 0.228. The molecule has 6 nitrogen and oxygen atoms in total. The minimum Gasteiger partial charge on any atom is -0.497 e. The number of amides is 2. The van der Waals surface area contributed by atoms with Crippen LogP contribution in [0, 0.1) is 11.7 Å². The van der Waals surface area contributed by atoms with Gasteiger partial charge in [-0.2, -0.15) is 13.2 Å². The molecule has 3 rings (SSSR count). The van der Waals surface area contributed by atoms with Crippen molar-refractivity contribution < 1.29 is 31.9 Å². The van der Waals surface area contributed by atoms with Crippen LogP contribution >= 0.6 is 0 Å². The Balaban J connectivity index is 1.62. The zero-order valence-electron chi connectivity index (χ0n) is 20.1. The van der Waals surface area contributed by atoms with Gasteiger partial charge in [0.05, 0.1) is 12.7 Å². The first kappa shape index (κ1) is 27.3. The van der Waals surface area contributed by atoms with Gasteiger partial charge in [0.2, 0.25) is 5.91 Å². The highest BCUT2D eigenvalue weighted by Crippen LogP contribution is 2.32. The topological polar surface area (TPSA) is 79.5 Å². The molecule has 1 aliphatic carbocycles. The SMILES string of the molecule is COc1ccc(NCCNC(=O)C(CC2CCCCC2)NC(=O)c2ccc(F)c(C(F)(F)F)c2)cc1. The summed E-state index contributed by atoms with van der Waals surface area (Å²) in [5.74, 6) is -1.78. The Kier molecular flexibility index (Phi) is 9.55. The van der Waals surface area contributed by atoms with Crippen molar-refractivity contribution in [3.8, 4) is 5.75 Å². The molecule has 0 spiro atoms. The molecule has 36 heavy (non-hydrogen) atoms. The number of anilines is 1. The van der Waals surface area contributed by atoms with E-state index in [0.717, 1.165) is 49.6 Å². The summed E-state index contributed by atoms with van der Waals surface area (Å²) in [4.78, 5) is 25.7. The molecule has 1 aliphatic rings. The highest BCUT2D eigenvalue weighted by atomic mass is 19.4. The molecule has 2 amide bonds. The summed E-state index contributed by atoms with van der Waals surface area (Å²) in [7, 11) is 1.58. The van der Waals surface area contributed by atoms with Gasteiger partial charge in [-0.1, -0.05) is 32.1 Å². The fourth-order valence-electron chi connectivity index (χ4n) is 4.34. The summed E-state index contributed by atoms with van der Waals surface area (Å²) in [6, 6.07) is 8.43. The zero-order valence-corrected chi connectivity index (χ0v) is 20.1. The molecule has 0 bridgehead atoms. The summed E-state index contributed by atoms with van der Waals surface area (Å²) in [5, 5.41) is 8.52. The molecule has 0 aliphatic heterocycles. The van der Waals surface area contributed by atoms with Crippen LogP contribution in [0.1, 0.15) is 54.4 Å². The first-order valence-corrected chi connectivity index (χ1v) is 12.0. The molecule has 3 N–H and O–H groups in total. The van der Waals surface area contributed by atoms with Gasteiger partial charge in [0.1, 0.15) is 17.6 Å². The summed E-state index contributed by atoms with van der Waals surface area (Å²) in [5.41, 5.74) is -1.03. The number of hydrogen-bond acceptors (Lipinski definition) is 4. The Morgan fingerprint density at radius 2 is 1.72 bits per heavy atom. The van der Waals surface area contributed by atoms with Crippen molar-refractivity contribution in [3.63, 3.8) is 0 Å². The second-order valence-corrected chi connectivity index (χ2v) is 8.90. The lowest BCUT2D eigenvalue weighted by molar-refractivity contribution is -0.140. The molecule has 1 fully saturated rings. The zero-order chi connectivity index (χ0) is 26.1. The van der Waals surface area contributed by atoms with E-state index in [4.69, 9.17) is 4.74 Å². The number of carbonyl (C=O) groups excluding carboxylic acids is 2. The number of ether oxygens (including phenoxy) is 1. The lowest BCUT2D eigenvalue weighted by Crippen LogP contribution is -2.48. The third kappa shape index (κ3) is 7.86. The van der Waals surface area contributed by atoms with E-state index in [0.29, 0.717) is 25.1 Å². The molecule has 0 saturated heterocycles. The average Bonchev–Trinajstić information content (AvgIpc) is 2.86. The predicted octanol–water partition coefficient (Wildman–Crippen LogP) is 5.15. The van der Waals surface area contributed by atoms with Gasteiger partial charge in [0, 0.05) is 24.3 Å². The summed E-state index contributed by atoms with van der Waals surface area (Å²) in [6.45, 7) is 0.700. The summed E-state index contributed by atoms with van der Waals surface area (Å²) >= 11 is 0. The molecule has 0 heterocycles. The molecule has 1 atom stereocenters. The van der Waals surface area contributed by atoms with E-state index < -0.39 is 35.4 Å². The smallest absolute Gasteiger partial charge is 0.419 e. The lowest BCUT2D eigenvalue weighted by Gasteiger charge is -2.27. The van der Waals surface area contributed by atoms with Gasteiger partial charge < -0.3 is 20.7 Å². The van der Waals surface area contributed by atoms with Crippen molar-refractivity contribution in [3.05, 3.63) is 59.4 Å². The van der Waals surface area contributed by atoms with Crippen molar-refractivity contribution in [1.29, 1.82) is 0 Å². The molecule has 1 unspecified atom stereocenters. The third-order valence-electron chi connectivity index (χ3n) is 6.29. The van der Waals surface area contributed by atoms with Crippen molar-refractivity contribution in [2.75, 3.05) is 25.5 Å². The maximum Gasteiger partial charge on any atom is 0.419 e.